The van der Waals surface area contributed by atoms with E-state index in [1.165, 1.54) is 0 Å². The van der Waals surface area contributed by atoms with Crippen LogP contribution in [-0.4, -0.2) is 41.5 Å². The summed E-state index contributed by atoms with van der Waals surface area (Å²) in [4.78, 5) is 38.0. The van der Waals surface area contributed by atoms with E-state index in [9.17, 15) is 14.4 Å². The van der Waals surface area contributed by atoms with Gasteiger partial charge in [0.2, 0.25) is 11.8 Å². The maximum absolute atomic E-state index is 12.3. The molecule has 0 unspecified atom stereocenters. The summed E-state index contributed by atoms with van der Waals surface area (Å²) in [6.45, 7) is 8.25. The normalized spacial score (nSPS) is 23.0. The van der Waals surface area contributed by atoms with E-state index in [0.29, 0.717) is 19.5 Å². The van der Waals surface area contributed by atoms with Gasteiger partial charge in [-0.2, -0.15) is 0 Å². The maximum Gasteiger partial charge on any atom is 0.410 e. The van der Waals surface area contributed by atoms with Crippen molar-refractivity contribution in [2.75, 3.05) is 13.1 Å². The molecule has 1 saturated carbocycles. The summed E-state index contributed by atoms with van der Waals surface area (Å²) < 4.78 is 5.36. The van der Waals surface area contributed by atoms with Gasteiger partial charge in [0, 0.05) is 18.5 Å². The van der Waals surface area contributed by atoms with Crippen molar-refractivity contribution in [2.45, 2.75) is 65.4 Å². The van der Waals surface area contributed by atoms with Crippen LogP contribution >= 0.6 is 0 Å². The minimum atomic E-state index is -0.557. The van der Waals surface area contributed by atoms with Crippen LogP contribution in [0, 0.1) is 11.3 Å². The second-order valence-electron chi connectivity index (χ2n) is 8.12. The zero-order valence-corrected chi connectivity index (χ0v) is 15.1. The largest absolute Gasteiger partial charge is 0.444 e. The number of carbonyl (C=O) groups is 3. The van der Waals surface area contributed by atoms with Crippen molar-refractivity contribution >= 4 is 17.9 Å². The molecule has 136 valence electrons. The highest BCUT2D eigenvalue weighted by Crippen LogP contribution is 2.40. The summed E-state index contributed by atoms with van der Waals surface area (Å²) in [5.74, 6) is -0.720. The average Bonchev–Trinajstić information content (AvgIpc) is 2.48. The number of hydrazine groups is 1. The molecule has 0 aromatic heterocycles. The number of ether oxygens (including phenoxy) is 1. The summed E-state index contributed by atoms with van der Waals surface area (Å²) >= 11 is 0. The van der Waals surface area contributed by atoms with E-state index < -0.39 is 11.7 Å². The van der Waals surface area contributed by atoms with E-state index in [-0.39, 0.29) is 23.1 Å². The molecule has 0 radical (unpaired) electrons. The number of nitrogens with zero attached hydrogens (tertiary/aromatic N) is 1. The van der Waals surface area contributed by atoms with Crippen molar-refractivity contribution in [2.24, 2.45) is 11.3 Å². The minimum Gasteiger partial charge on any atom is -0.444 e. The monoisotopic (exact) mass is 339 g/mol. The first-order valence-corrected chi connectivity index (χ1v) is 8.69. The van der Waals surface area contributed by atoms with Crippen molar-refractivity contribution in [3.05, 3.63) is 0 Å². The Morgan fingerprint density at radius 3 is 2.33 bits per heavy atom. The summed E-state index contributed by atoms with van der Waals surface area (Å²) in [5.41, 5.74) is 4.13. The number of piperidine rings is 1. The van der Waals surface area contributed by atoms with Crippen LogP contribution in [0.2, 0.25) is 0 Å². The van der Waals surface area contributed by atoms with E-state index in [1.807, 2.05) is 27.7 Å². The number of amides is 3. The fourth-order valence-electron chi connectivity index (χ4n) is 2.99. The third-order valence-electron chi connectivity index (χ3n) is 4.75. The fraction of sp³-hybridized carbons (Fsp3) is 0.824. The van der Waals surface area contributed by atoms with Crippen molar-refractivity contribution < 1.29 is 19.1 Å². The molecule has 24 heavy (non-hydrogen) atoms. The number of rotatable bonds is 2. The van der Waals surface area contributed by atoms with Crippen LogP contribution in [0.4, 0.5) is 4.79 Å². The van der Waals surface area contributed by atoms with Crippen LogP contribution in [0.15, 0.2) is 0 Å². The van der Waals surface area contributed by atoms with Gasteiger partial charge in [0.1, 0.15) is 5.60 Å². The zero-order chi connectivity index (χ0) is 18.0. The summed E-state index contributed by atoms with van der Waals surface area (Å²) in [5, 5.41) is 0. The summed E-state index contributed by atoms with van der Waals surface area (Å²) in [7, 11) is 0. The topological polar surface area (TPSA) is 87.7 Å². The first-order valence-electron chi connectivity index (χ1n) is 8.69. The first kappa shape index (κ1) is 18.5. The molecule has 2 aliphatic rings. The highest BCUT2D eigenvalue weighted by molar-refractivity contribution is 5.87. The molecule has 0 aromatic carbocycles. The van der Waals surface area contributed by atoms with Crippen molar-refractivity contribution in [1.29, 1.82) is 0 Å². The summed E-state index contributed by atoms with van der Waals surface area (Å²) in [6, 6.07) is 0. The third kappa shape index (κ3) is 4.61. The van der Waals surface area contributed by atoms with Gasteiger partial charge in [0.25, 0.3) is 0 Å². The van der Waals surface area contributed by atoms with Crippen LogP contribution in [0.3, 0.4) is 0 Å². The molecule has 0 bridgehead atoms. The van der Waals surface area contributed by atoms with Crippen LogP contribution in [0.25, 0.3) is 0 Å². The van der Waals surface area contributed by atoms with E-state index in [2.05, 4.69) is 10.9 Å². The van der Waals surface area contributed by atoms with Crippen LogP contribution in [-0.2, 0) is 14.3 Å². The minimum absolute atomic E-state index is 0.137. The third-order valence-corrected chi connectivity index (χ3v) is 4.75. The van der Waals surface area contributed by atoms with Crippen LogP contribution in [0.5, 0.6) is 0 Å². The van der Waals surface area contributed by atoms with E-state index in [1.54, 1.807) is 4.90 Å². The molecule has 2 rings (SSSR count). The quantitative estimate of drug-likeness (QED) is 0.753. The van der Waals surface area contributed by atoms with Gasteiger partial charge in [-0.05, 0) is 46.5 Å². The Balaban J connectivity index is 1.81. The SMILES string of the molecule is CC(C)(C)OC(=O)N1CCC[C@@H](C(=O)NNC(=O)C2(C)CCC2)C1. The van der Waals surface area contributed by atoms with E-state index in [4.69, 9.17) is 4.74 Å². The highest BCUT2D eigenvalue weighted by Gasteiger charge is 2.39. The molecule has 2 fully saturated rings. The number of hydrogen-bond acceptors (Lipinski definition) is 4. The van der Waals surface area contributed by atoms with Gasteiger partial charge >= 0.3 is 6.09 Å². The highest BCUT2D eigenvalue weighted by atomic mass is 16.6. The first-order chi connectivity index (χ1) is 11.1. The molecule has 1 aliphatic heterocycles. The molecular formula is C17H29N3O4. The predicted molar refractivity (Wildman–Crippen MR) is 88.8 cm³/mol. The van der Waals surface area contributed by atoms with E-state index in [0.717, 1.165) is 25.7 Å². The number of hydrogen-bond donors (Lipinski definition) is 2. The smallest absolute Gasteiger partial charge is 0.410 e. The Bertz CT molecular complexity index is 508. The lowest BCUT2D eigenvalue weighted by Gasteiger charge is -2.37. The van der Waals surface area contributed by atoms with Crippen molar-refractivity contribution in [1.82, 2.24) is 15.8 Å². The number of likely N-dealkylation sites (tertiary alicyclic amines) is 1. The Labute approximate surface area is 143 Å². The second-order valence-corrected chi connectivity index (χ2v) is 8.12. The molecule has 1 atom stereocenters. The van der Waals surface area contributed by atoms with Gasteiger partial charge in [-0.3, -0.25) is 20.4 Å². The van der Waals surface area contributed by atoms with Crippen molar-refractivity contribution in [3.8, 4) is 0 Å². The van der Waals surface area contributed by atoms with Crippen LogP contribution < -0.4 is 10.9 Å². The van der Waals surface area contributed by atoms with Gasteiger partial charge < -0.3 is 9.64 Å². The predicted octanol–water partition coefficient (Wildman–Crippen LogP) is 1.97. The standard InChI is InChI=1S/C17H29N3O4/c1-16(2,3)24-15(23)20-10-5-7-12(11-20)13(21)18-19-14(22)17(4)8-6-9-17/h12H,5-11H2,1-4H3,(H,18,21)(H,19,22)/t12-/m1/s1. The van der Waals surface area contributed by atoms with Crippen molar-refractivity contribution in [3.63, 3.8) is 0 Å². The molecule has 7 nitrogen and oxygen atoms in total. The molecule has 7 heteroatoms. The van der Waals surface area contributed by atoms with Gasteiger partial charge in [0.15, 0.2) is 0 Å². The average molecular weight is 339 g/mol. The Hall–Kier alpha value is -1.79. The lowest BCUT2D eigenvalue weighted by Crippen LogP contribution is -2.54. The van der Waals surface area contributed by atoms with E-state index >= 15 is 0 Å². The van der Waals surface area contributed by atoms with Gasteiger partial charge in [-0.15, -0.1) is 0 Å². The zero-order valence-electron chi connectivity index (χ0n) is 15.1. The lowest BCUT2D eigenvalue weighted by molar-refractivity contribution is -0.140. The fourth-order valence-corrected chi connectivity index (χ4v) is 2.99. The molecule has 1 aliphatic carbocycles. The molecular weight excluding hydrogens is 310 g/mol. The van der Waals surface area contributed by atoms with Gasteiger partial charge in [-0.1, -0.05) is 13.3 Å². The molecule has 0 aromatic rings. The molecule has 1 heterocycles. The maximum atomic E-state index is 12.3. The van der Waals surface area contributed by atoms with Gasteiger partial charge in [0.05, 0.1) is 5.92 Å². The second kappa shape index (κ2) is 6.99. The summed E-state index contributed by atoms with van der Waals surface area (Å²) in [6.07, 6.45) is 3.79. The number of nitrogens with one attached hydrogen (secondary N) is 2. The van der Waals surface area contributed by atoms with Gasteiger partial charge in [-0.25, -0.2) is 4.79 Å². The number of carbonyl (C=O) groups excluding carboxylic acids is 3. The lowest BCUT2D eigenvalue weighted by atomic mass is 9.70. The van der Waals surface area contributed by atoms with Crippen LogP contribution in [0.1, 0.15) is 59.8 Å². The Morgan fingerprint density at radius 2 is 1.79 bits per heavy atom. The molecule has 1 saturated heterocycles. The Morgan fingerprint density at radius 1 is 1.12 bits per heavy atom. The Kier molecular flexibility index (Phi) is 5.40. The molecule has 3 amide bonds. The molecule has 0 spiro atoms. The molecule has 2 N–H and O–H groups in total.